The van der Waals surface area contributed by atoms with Crippen molar-refractivity contribution in [3.05, 3.63) is 52.1 Å². The van der Waals surface area contributed by atoms with Gasteiger partial charge in [-0.05, 0) is 46.9 Å². The van der Waals surface area contributed by atoms with E-state index in [-0.39, 0.29) is 12.5 Å². The molecule has 0 atom stereocenters. The standard InChI is InChI=1S/C15H15IN2O2/c1-20-12-6-4-5-11(9-12)18-15(19)10-17-14-8-3-2-7-13(14)16/h2-9,17H,10H2,1H3,(H,18,19). The van der Waals surface area contributed by atoms with Gasteiger partial charge in [0.25, 0.3) is 0 Å². The van der Waals surface area contributed by atoms with Crippen molar-refractivity contribution in [2.45, 2.75) is 0 Å². The maximum absolute atomic E-state index is 11.9. The topological polar surface area (TPSA) is 50.4 Å². The van der Waals surface area contributed by atoms with Crippen LogP contribution < -0.4 is 15.4 Å². The summed E-state index contributed by atoms with van der Waals surface area (Å²) in [4.78, 5) is 11.9. The van der Waals surface area contributed by atoms with Crippen LogP contribution in [0.15, 0.2) is 48.5 Å². The van der Waals surface area contributed by atoms with Gasteiger partial charge in [-0.15, -0.1) is 0 Å². The molecule has 0 radical (unpaired) electrons. The van der Waals surface area contributed by atoms with Crippen molar-refractivity contribution in [3.63, 3.8) is 0 Å². The molecule has 0 saturated carbocycles. The normalized spacial score (nSPS) is 9.90. The van der Waals surface area contributed by atoms with Crippen molar-refractivity contribution in [1.29, 1.82) is 0 Å². The van der Waals surface area contributed by atoms with Crippen LogP contribution in [-0.2, 0) is 4.79 Å². The molecule has 2 N–H and O–H groups in total. The summed E-state index contributed by atoms with van der Waals surface area (Å²) in [6, 6.07) is 15.1. The first kappa shape index (κ1) is 14.6. The van der Waals surface area contributed by atoms with Crippen LogP contribution in [0.1, 0.15) is 0 Å². The van der Waals surface area contributed by atoms with E-state index in [0.29, 0.717) is 5.75 Å². The molecule has 104 valence electrons. The minimum absolute atomic E-state index is 0.0992. The highest BCUT2D eigenvalue weighted by Gasteiger charge is 2.04. The SMILES string of the molecule is COc1cccc(NC(=O)CNc2ccccc2I)c1. The van der Waals surface area contributed by atoms with Gasteiger partial charge in [-0.25, -0.2) is 0 Å². The number of carbonyl (C=O) groups excluding carboxylic acids is 1. The van der Waals surface area contributed by atoms with Crippen molar-refractivity contribution in [3.8, 4) is 5.75 Å². The number of para-hydroxylation sites is 1. The summed E-state index contributed by atoms with van der Waals surface area (Å²) >= 11 is 2.23. The quantitative estimate of drug-likeness (QED) is 0.780. The highest BCUT2D eigenvalue weighted by Crippen LogP contribution is 2.18. The van der Waals surface area contributed by atoms with Gasteiger partial charge in [0.05, 0.1) is 13.7 Å². The van der Waals surface area contributed by atoms with Crippen molar-refractivity contribution in [2.24, 2.45) is 0 Å². The molecular weight excluding hydrogens is 367 g/mol. The fourth-order valence-electron chi connectivity index (χ4n) is 1.69. The molecule has 0 bridgehead atoms. The predicted molar refractivity (Wildman–Crippen MR) is 89.3 cm³/mol. The lowest BCUT2D eigenvalue weighted by atomic mass is 10.3. The van der Waals surface area contributed by atoms with E-state index in [4.69, 9.17) is 4.74 Å². The third-order valence-corrected chi connectivity index (χ3v) is 3.61. The molecule has 2 aromatic carbocycles. The molecule has 0 aliphatic carbocycles. The Morgan fingerprint density at radius 3 is 2.75 bits per heavy atom. The molecule has 0 heterocycles. The number of hydrogen-bond acceptors (Lipinski definition) is 3. The van der Waals surface area contributed by atoms with E-state index < -0.39 is 0 Å². The van der Waals surface area contributed by atoms with Crippen LogP contribution in [0.5, 0.6) is 5.75 Å². The second-order valence-corrected chi connectivity index (χ2v) is 5.28. The van der Waals surface area contributed by atoms with Crippen LogP contribution in [0.2, 0.25) is 0 Å². The molecule has 5 heteroatoms. The summed E-state index contributed by atoms with van der Waals surface area (Å²) in [7, 11) is 1.60. The number of carbonyl (C=O) groups is 1. The van der Waals surface area contributed by atoms with Gasteiger partial charge in [-0.3, -0.25) is 4.79 Å². The minimum atomic E-state index is -0.0992. The number of amides is 1. The fourth-order valence-corrected chi connectivity index (χ4v) is 2.26. The Hall–Kier alpha value is -1.76. The van der Waals surface area contributed by atoms with Crippen molar-refractivity contribution < 1.29 is 9.53 Å². The summed E-state index contributed by atoms with van der Waals surface area (Å²) in [6.45, 7) is 0.219. The lowest BCUT2D eigenvalue weighted by Gasteiger charge is -2.09. The Morgan fingerprint density at radius 2 is 2.00 bits per heavy atom. The van der Waals surface area contributed by atoms with E-state index in [0.717, 1.165) is 14.9 Å². The number of halogens is 1. The van der Waals surface area contributed by atoms with Crippen LogP contribution >= 0.6 is 22.6 Å². The van der Waals surface area contributed by atoms with E-state index in [1.807, 2.05) is 42.5 Å². The fraction of sp³-hybridized carbons (Fsp3) is 0.133. The molecule has 20 heavy (non-hydrogen) atoms. The molecule has 2 rings (SSSR count). The largest absolute Gasteiger partial charge is 0.497 e. The number of methoxy groups -OCH3 is 1. The van der Waals surface area contributed by atoms with Crippen LogP contribution in [0.25, 0.3) is 0 Å². The van der Waals surface area contributed by atoms with Gasteiger partial charge < -0.3 is 15.4 Å². The summed E-state index contributed by atoms with van der Waals surface area (Å²) in [5.74, 6) is 0.617. The zero-order valence-electron chi connectivity index (χ0n) is 11.0. The Morgan fingerprint density at radius 1 is 1.20 bits per heavy atom. The maximum atomic E-state index is 11.9. The van der Waals surface area contributed by atoms with Gasteiger partial charge in [-0.2, -0.15) is 0 Å². The van der Waals surface area contributed by atoms with Gasteiger partial charge in [0.1, 0.15) is 5.75 Å². The number of rotatable bonds is 5. The first-order chi connectivity index (χ1) is 9.69. The number of ether oxygens (including phenoxy) is 1. The number of anilines is 2. The minimum Gasteiger partial charge on any atom is -0.497 e. The van der Waals surface area contributed by atoms with Crippen molar-refractivity contribution in [1.82, 2.24) is 0 Å². The van der Waals surface area contributed by atoms with Crippen LogP contribution in [-0.4, -0.2) is 19.6 Å². The zero-order valence-corrected chi connectivity index (χ0v) is 13.2. The molecule has 1 amide bonds. The van der Waals surface area contributed by atoms with Gasteiger partial charge in [0, 0.05) is 21.0 Å². The Labute approximate surface area is 131 Å². The summed E-state index contributed by atoms with van der Waals surface area (Å²) in [5.41, 5.74) is 1.67. The molecule has 0 aromatic heterocycles. The van der Waals surface area contributed by atoms with Gasteiger partial charge in [0.15, 0.2) is 0 Å². The van der Waals surface area contributed by atoms with Gasteiger partial charge in [0.2, 0.25) is 5.91 Å². The Balaban J connectivity index is 1.91. The molecule has 0 aliphatic rings. The number of nitrogens with one attached hydrogen (secondary N) is 2. The van der Waals surface area contributed by atoms with Gasteiger partial charge in [-0.1, -0.05) is 18.2 Å². The van der Waals surface area contributed by atoms with Crippen molar-refractivity contribution in [2.75, 3.05) is 24.3 Å². The molecule has 2 aromatic rings. The van der Waals surface area contributed by atoms with Crippen LogP contribution in [0, 0.1) is 3.57 Å². The second-order valence-electron chi connectivity index (χ2n) is 4.11. The third kappa shape index (κ3) is 4.12. The second kappa shape index (κ2) is 7.14. The Bertz CT molecular complexity index is 602. The average molecular weight is 382 g/mol. The van der Waals surface area contributed by atoms with E-state index in [1.54, 1.807) is 13.2 Å². The van der Waals surface area contributed by atoms with Crippen LogP contribution in [0.3, 0.4) is 0 Å². The number of hydrogen-bond donors (Lipinski definition) is 2. The third-order valence-electron chi connectivity index (χ3n) is 2.67. The molecular formula is C15H15IN2O2. The van der Waals surface area contributed by atoms with Gasteiger partial charge >= 0.3 is 0 Å². The van der Waals surface area contributed by atoms with E-state index in [1.165, 1.54) is 0 Å². The lowest BCUT2D eigenvalue weighted by Crippen LogP contribution is -2.22. The molecule has 0 spiro atoms. The molecule has 0 unspecified atom stereocenters. The molecule has 4 nitrogen and oxygen atoms in total. The smallest absolute Gasteiger partial charge is 0.243 e. The predicted octanol–water partition coefficient (Wildman–Crippen LogP) is 3.35. The monoisotopic (exact) mass is 382 g/mol. The zero-order chi connectivity index (χ0) is 14.4. The summed E-state index contributed by atoms with van der Waals surface area (Å²) in [6.07, 6.45) is 0. The number of benzene rings is 2. The van der Waals surface area contributed by atoms with Crippen LogP contribution in [0.4, 0.5) is 11.4 Å². The lowest BCUT2D eigenvalue weighted by molar-refractivity contribution is -0.114. The molecule has 0 saturated heterocycles. The summed E-state index contributed by atoms with van der Waals surface area (Å²) < 4.78 is 6.20. The maximum Gasteiger partial charge on any atom is 0.243 e. The highest BCUT2D eigenvalue weighted by atomic mass is 127. The summed E-state index contributed by atoms with van der Waals surface area (Å²) in [5, 5.41) is 5.93. The van der Waals surface area contributed by atoms with E-state index in [9.17, 15) is 4.79 Å². The molecule has 0 aliphatic heterocycles. The van der Waals surface area contributed by atoms with E-state index >= 15 is 0 Å². The van der Waals surface area contributed by atoms with Crippen molar-refractivity contribution >= 4 is 39.9 Å². The highest BCUT2D eigenvalue weighted by molar-refractivity contribution is 14.1. The first-order valence-electron chi connectivity index (χ1n) is 6.11. The average Bonchev–Trinajstić information content (AvgIpc) is 2.46. The Kier molecular flexibility index (Phi) is 5.23. The molecule has 0 fully saturated rings. The first-order valence-corrected chi connectivity index (χ1v) is 7.19. The van der Waals surface area contributed by atoms with E-state index in [2.05, 4.69) is 33.2 Å².